The van der Waals surface area contributed by atoms with E-state index in [0.29, 0.717) is 12.5 Å². The van der Waals surface area contributed by atoms with Crippen LogP contribution in [0.3, 0.4) is 0 Å². The van der Waals surface area contributed by atoms with E-state index in [0.717, 1.165) is 31.0 Å². The summed E-state index contributed by atoms with van der Waals surface area (Å²) < 4.78 is 11.8. The van der Waals surface area contributed by atoms with Crippen molar-refractivity contribution in [3.63, 3.8) is 0 Å². The fourth-order valence-electron chi connectivity index (χ4n) is 5.98. The van der Waals surface area contributed by atoms with Crippen molar-refractivity contribution in [1.82, 2.24) is 14.8 Å². The minimum Gasteiger partial charge on any atom is -0.493 e. The van der Waals surface area contributed by atoms with Gasteiger partial charge in [-0.25, -0.2) is 0 Å². The number of rotatable bonds is 2. The van der Waals surface area contributed by atoms with E-state index in [4.69, 9.17) is 9.47 Å². The van der Waals surface area contributed by atoms with Crippen LogP contribution in [0.15, 0.2) is 48.8 Å². The third-order valence-corrected chi connectivity index (χ3v) is 7.74. The van der Waals surface area contributed by atoms with E-state index in [-0.39, 0.29) is 28.5 Å². The first-order chi connectivity index (χ1) is 16.0. The van der Waals surface area contributed by atoms with Crippen LogP contribution in [-0.4, -0.2) is 66.4 Å². The Morgan fingerprint density at radius 2 is 2.06 bits per heavy atom. The molecule has 1 aliphatic carbocycles. The molecular weight excluding hydrogens is 494 g/mol. The van der Waals surface area contributed by atoms with Gasteiger partial charge >= 0.3 is 0 Å². The van der Waals surface area contributed by atoms with Crippen LogP contribution < -0.4 is 9.47 Å². The molecule has 0 unspecified atom stereocenters. The highest BCUT2D eigenvalue weighted by Crippen LogP contribution is 2.55. The molecule has 6 rings (SSSR count). The summed E-state index contributed by atoms with van der Waals surface area (Å²) in [7, 11) is 6.03. The molecule has 0 saturated carbocycles. The number of likely N-dealkylation sites (tertiary alicyclic amines) is 1. The van der Waals surface area contributed by atoms with E-state index < -0.39 is 6.10 Å². The lowest BCUT2D eigenvalue weighted by Crippen LogP contribution is -2.42. The van der Waals surface area contributed by atoms with Gasteiger partial charge in [0.25, 0.3) is 0 Å². The molecule has 4 aliphatic rings. The second-order valence-electron chi connectivity index (χ2n) is 9.85. The molecule has 4 heterocycles. The summed E-state index contributed by atoms with van der Waals surface area (Å²) in [5, 5.41) is 9.97. The van der Waals surface area contributed by atoms with Crippen molar-refractivity contribution in [2.24, 2.45) is 0 Å². The molecule has 6 nitrogen and oxygen atoms in total. The molecule has 4 atom stereocenters. The maximum Gasteiger partial charge on any atom is 0.166 e. The first-order valence-corrected chi connectivity index (χ1v) is 12.0. The SMILES string of the molecule is Br.CN1CCC[C@H]1c1cccnc1.COc1ccc2c3c1O[C@H]1C[C@@H](O)C=C[C@@]31CCN(C)C2. The number of hydrogen-bond donors (Lipinski definition) is 1. The Kier molecular flexibility index (Phi) is 7.67. The summed E-state index contributed by atoms with van der Waals surface area (Å²) in [4.78, 5) is 8.89. The predicted octanol–water partition coefficient (Wildman–Crippen LogP) is 4.28. The van der Waals surface area contributed by atoms with Gasteiger partial charge in [0.1, 0.15) is 6.10 Å². The molecule has 184 valence electrons. The van der Waals surface area contributed by atoms with E-state index in [1.807, 2.05) is 30.6 Å². The normalized spacial score (nSPS) is 29.6. The number of aromatic nitrogens is 1. The molecule has 1 saturated heterocycles. The van der Waals surface area contributed by atoms with Crippen molar-refractivity contribution < 1.29 is 14.6 Å². The van der Waals surface area contributed by atoms with Crippen LogP contribution >= 0.6 is 17.0 Å². The Morgan fingerprint density at radius 1 is 1.21 bits per heavy atom. The van der Waals surface area contributed by atoms with Gasteiger partial charge in [0.05, 0.1) is 18.6 Å². The van der Waals surface area contributed by atoms with Crippen molar-refractivity contribution in [3.8, 4) is 11.5 Å². The second kappa shape index (κ2) is 10.4. The molecular formula is C27H36BrN3O3. The van der Waals surface area contributed by atoms with Crippen molar-refractivity contribution >= 4 is 17.0 Å². The summed E-state index contributed by atoms with van der Waals surface area (Å²) >= 11 is 0. The highest BCUT2D eigenvalue weighted by atomic mass is 79.9. The molecule has 7 heteroatoms. The molecule has 34 heavy (non-hydrogen) atoms. The number of benzene rings is 1. The monoisotopic (exact) mass is 529 g/mol. The lowest BCUT2D eigenvalue weighted by atomic mass is 9.69. The molecule has 1 N–H and O–H groups in total. The highest BCUT2D eigenvalue weighted by molar-refractivity contribution is 8.93. The molecule has 1 fully saturated rings. The van der Waals surface area contributed by atoms with Gasteiger partial charge in [-0.05, 0) is 69.7 Å². The molecule has 1 spiro atoms. The number of aliphatic hydroxyl groups excluding tert-OH is 1. The number of methoxy groups -OCH3 is 1. The number of nitrogens with zero attached hydrogens (tertiary/aromatic N) is 3. The van der Waals surface area contributed by atoms with E-state index >= 15 is 0 Å². The van der Waals surface area contributed by atoms with E-state index in [9.17, 15) is 5.11 Å². The summed E-state index contributed by atoms with van der Waals surface area (Å²) in [5.41, 5.74) is 3.84. The molecule has 1 aromatic heterocycles. The minimum absolute atomic E-state index is 0. The maximum atomic E-state index is 9.97. The fraction of sp³-hybridized carbons (Fsp3) is 0.519. The summed E-state index contributed by atoms with van der Waals surface area (Å²) in [5.74, 6) is 1.68. The van der Waals surface area contributed by atoms with Gasteiger partial charge < -0.3 is 19.5 Å². The van der Waals surface area contributed by atoms with Gasteiger partial charge in [-0.15, -0.1) is 17.0 Å². The molecule has 3 aliphatic heterocycles. The average Bonchev–Trinajstić information content (AvgIpc) is 3.36. The van der Waals surface area contributed by atoms with Gasteiger partial charge in [-0.1, -0.05) is 24.3 Å². The van der Waals surface area contributed by atoms with Gasteiger partial charge in [-0.3, -0.25) is 9.88 Å². The number of aliphatic hydroxyl groups is 1. The summed E-state index contributed by atoms with van der Waals surface area (Å²) in [6.45, 7) is 3.18. The summed E-state index contributed by atoms with van der Waals surface area (Å²) in [6.07, 6.45) is 11.8. The van der Waals surface area contributed by atoms with Gasteiger partial charge in [0.2, 0.25) is 0 Å². The van der Waals surface area contributed by atoms with Gasteiger partial charge in [-0.2, -0.15) is 0 Å². The number of halogens is 1. The standard InChI is InChI=1S/C17H21NO3.C10H14N2.BrH/c1-18-8-7-17-6-5-12(19)9-14(17)21-16-13(20-2)4-3-11(10-18)15(16)17;1-12-7-3-5-10(12)9-4-2-6-11-8-9;/h3-6,12,14,19H,7-10H2,1-2H3;2,4,6,8,10H,3,5,7H2,1H3;1H/t12-,14-,17-;10-;/m00./s1. The van der Waals surface area contributed by atoms with Crippen molar-refractivity contribution in [2.45, 2.75) is 55.9 Å². The largest absolute Gasteiger partial charge is 0.493 e. The molecule has 2 aromatic rings. The van der Waals surface area contributed by atoms with Crippen LogP contribution in [0.25, 0.3) is 0 Å². The molecule has 0 amide bonds. The number of hydrogen-bond acceptors (Lipinski definition) is 6. The van der Waals surface area contributed by atoms with Gasteiger partial charge in [0, 0.05) is 37.0 Å². The average molecular weight is 531 g/mol. The quantitative estimate of drug-likeness (QED) is 0.586. The molecule has 0 radical (unpaired) electrons. The van der Waals surface area contributed by atoms with E-state index in [1.54, 1.807) is 7.11 Å². The van der Waals surface area contributed by atoms with Crippen LogP contribution in [0.5, 0.6) is 11.5 Å². The second-order valence-corrected chi connectivity index (χ2v) is 9.85. The predicted molar refractivity (Wildman–Crippen MR) is 139 cm³/mol. The van der Waals surface area contributed by atoms with E-state index in [1.165, 1.54) is 36.1 Å². The van der Waals surface area contributed by atoms with E-state index in [2.05, 4.69) is 47.1 Å². The van der Waals surface area contributed by atoms with Crippen LogP contribution in [0.2, 0.25) is 0 Å². The van der Waals surface area contributed by atoms with Crippen molar-refractivity contribution in [1.29, 1.82) is 0 Å². The first kappa shape index (κ1) is 25.2. The Balaban J connectivity index is 0.000000180. The van der Waals surface area contributed by atoms with Crippen molar-refractivity contribution in [3.05, 3.63) is 65.5 Å². The molecule has 0 bridgehead atoms. The molecule has 1 aromatic carbocycles. The number of pyridine rings is 1. The van der Waals surface area contributed by atoms with Gasteiger partial charge in [0.15, 0.2) is 11.5 Å². The number of ether oxygens (including phenoxy) is 2. The minimum atomic E-state index is -0.412. The summed E-state index contributed by atoms with van der Waals surface area (Å²) in [6, 6.07) is 8.95. The Labute approximate surface area is 213 Å². The zero-order valence-electron chi connectivity index (χ0n) is 20.3. The van der Waals surface area contributed by atoms with Crippen LogP contribution in [0.1, 0.15) is 48.4 Å². The maximum absolute atomic E-state index is 9.97. The lowest BCUT2D eigenvalue weighted by Gasteiger charge is -2.35. The third kappa shape index (κ3) is 4.51. The zero-order valence-corrected chi connectivity index (χ0v) is 22.0. The third-order valence-electron chi connectivity index (χ3n) is 7.74. The fourth-order valence-corrected chi connectivity index (χ4v) is 5.98. The first-order valence-electron chi connectivity index (χ1n) is 12.0. The van der Waals surface area contributed by atoms with Crippen molar-refractivity contribution in [2.75, 3.05) is 34.3 Å². The van der Waals surface area contributed by atoms with Crippen LogP contribution in [0, 0.1) is 0 Å². The Bertz CT molecular complexity index is 1020. The highest BCUT2D eigenvalue weighted by Gasteiger charge is 2.52. The van der Waals surface area contributed by atoms with Crippen LogP contribution in [0.4, 0.5) is 0 Å². The zero-order chi connectivity index (χ0) is 23.0. The lowest BCUT2D eigenvalue weighted by molar-refractivity contribution is 0.0821. The smallest absolute Gasteiger partial charge is 0.166 e. The Morgan fingerprint density at radius 3 is 2.76 bits per heavy atom. The Hall–Kier alpha value is -1.93. The van der Waals surface area contributed by atoms with Crippen LogP contribution in [-0.2, 0) is 12.0 Å². The topological polar surface area (TPSA) is 58.1 Å².